The molecule has 6 heteroatoms. The van der Waals surface area contributed by atoms with Gasteiger partial charge < -0.3 is 11.1 Å². The largest absolute Gasteiger partial charge is 0.350 e. The number of carbonyl (C=O) groups excluding carboxylic acids is 1. The number of benzene rings is 1. The summed E-state index contributed by atoms with van der Waals surface area (Å²) in [6, 6.07) is 5.46. The number of halogens is 1. The van der Waals surface area contributed by atoms with Crippen molar-refractivity contribution in [3.05, 3.63) is 28.2 Å². The molecule has 1 unspecified atom stereocenters. The Balaban J connectivity index is 2.02. The fraction of sp³-hybridized carbons (Fsp3) is 0.333. The molecular weight excluding hydrogens is 270 g/mol. The third-order valence-corrected chi connectivity index (χ3v) is 3.61. The molecule has 0 radical (unpaired) electrons. The molecule has 1 amide bonds. The molecule has 1 atom stereocenters. The van der Waals surface area contributed by atoms with Gasteiger partial charge in [-0.3, -0.25) is 4.79 Å². The van der Waals surface area contributed by atoms with Crippen LogP contribution in [0.4, 0.5) is 0 Å². The van der Waals surface area contributed by atoms with Crippen LogP contribution in [0.15, 0.2) is 18.2 Å². The lowest BCUT2D eigenvalue weighted by Gasteiger charge is -2.04. The summed E-state index contributed by atoms with van der Waals surface area (Å²) in [5.74, 6) is -0.0534. The number of thiazole rings is 1. The van der Waals surface area contributed by atoms with Gasteiger partial charge in [-0.1, -0.05) is 11.6 Å². The first-order valence-corrected chi connectivity index (χ1v) is 6.81. The van der Waals surface area contributed by atoms with Crippen molar-refractivity contribution < 1.29 is 4.79 Å². The number of amides is 1. The number of fused-ring (bicyclic) bond motifs is 1. The summed E-state index contributed by atoms with van der Waals surface area (Å²) in [5.41, 5.74) is 6.42. The number of rotatable bonds is 4. The number of hydrogen-bond acceptors (Lipinski definition) is 4. The summed E-state index contributed by atoms with van der Waals surface area (Å²) in [4.78, 5) is 15.9. The van der Waals surface area contributed by atoms with E-state index in [4.69, 9.17) is 17.3 Å². The molecule has 1 aromatic carbocycles. The van der Waals surface area contributed by atoms with Crippen LogP contribution in [0.3, 0.4) is 0 Å². The molecule has 4 nitrogen and oxygen atoms in total. The van der Waals surface area contributed by atoms with Crippen molar-refractivity contribution in [3.8, 4) is 0 Å². The van der Waals surface area contributed by atoms with E-state index in [-0.39, 0.29) is 11.9 Å². The highest BCUT2D eigenvalue weighted by Gasteiger charge is 2.07. The molecule has 0 aliphatic carbocycles. The van der Waals surface area contributed by atoms with Crippen LogP contribution in [0, 0.1) is 0 Å². The zero-order valence-electron chi connectivity index (χ0n) is 9.94. The quantitative estimate of drug-likeness (QED) is 0.905. The first-order chi connectivity index (χ1) is 8.54. The van der Waals surface area contributed by atoms with Crippen LogP contribution < -0.4 is 11.1 Å². The van der Waals surface area contributed by atoms with E-state index >= 15 is 0 Å². The number of nitrogens with two attached hydrogens (primary N) is 1. The SMILES string of the molecule is CC(N)CC(=O)NCc1nc2cc(Cl)ccc2s1. The Kier molecular flexibility index (Phi) is 4.16. The summed E-state index contributed by atoms with van der Waals surface area (Å²) in [6.45, 7) is 2.24. The Morgan fingerprint density at radius 3 is 3.11 bits per heavy atom. The first kappa shape index (κ1) is 13.3. The van der Waals surface area contributed by atoms with Crippen LogP contribution in [0.25, 0.3) is 10.2 Å². The van der Waals surface area contributed by atoms with Gasteiger partial charge in [0.05, 0.1) is 16.8 Å². The van der Waals surface area contributed by atoms with E-state index in [2.05, 4.69) is 10.3 Å². The Labute approximate surface area is 114 Å². The van der Waals surface area contributed by atoms with Gasteiger partial charge in [-0.2, -0.15) is 0 Å². The van der Waals surface area contributed by atoms with E-state index < -0.39 is 0 Å². The second-order valence-electron chi connectivity index (χ2n) is 4.18. The van der Waals surface area contributed by atoms with Gasteiger partial charge in [0.1, 0.15) is 5.01 Å². The normalized spacial score (nSPS) is 12.6. The molecule has 1 aromatic heterocycles. The minimum absolute atomic E-state index is 0.0534. The van der Waals surface area contributed by atoms with Crippen molar-refractivity contribution in [2.24, 2.45) is 5.73 Å². The number of carbonyl (C=O) groups is 1. The van der Waals surface area contributed by atoms with E-state index in [9.17, 15) is 4.79 Å². The summed E-state index contributed by atoms with van der Waals surface area (Å²) >= 11 is 7.44. The summed E-state index contributed by atoms with van der Waals surface area (Å²) in [7, 11) is 0. The van der Waals surface area contributed by atoms with Crippen molar-refractivity contribution in [1.82, 2.24) is 10.3 Å². The second kappa shape index (κ2) is 5.65. The van der Waals surface area contributed by atoms with E-state index in [0.29, 0.717) is 18.0 Å². The van der Waals surface area contributed by atoms with Crippen molar-refractivity contribution in [2.45, 2.75) is 25.9 Å². The van der Waals surface area contributed by atoms with Crippen LogP contribution in [0.1, 0.15) is 18.4 Å². The minimum Gasteiger partial charge on any atom is -0.350 e. The van der Waals surface area contributed by atoms with Crippen LogP contribution in [0.2, 0.25) is 5.02 Å². The third kappa shape index (κ3) is 3.41. The average molecular weight is 284 g/mol. The number of hydrogen-bond donors (Lipinski definition) is 2. The summed E-state index contributed by atoms with van der Waals surface area (Å²) in [6.07, 6.45) is 0.330. The predicted octanol–water partition coefficient (Wildman–Crippen LogP) is 2.30. The molecule has 1 heterocycles. The highest BCUT2D eigenvalue weighted by atomic mass is 35.5. The standard InChI is InChI=1S/C12H14ClN3OS/c1-7(14)4-11(17)15-6-12-16-9-5-8(13)2-3-10(9)18-12/h2-3,5,7H,4,6,14H2,1H3,(H,15,17). The maximum Gasteiger partial charge on any atom is 0.221 e. The van der Waals surface area contributed by atoms with Crippen LogP contribution in [0.5, 0.6) is 0 Å². The Hall–Kier alpha value is -1.17. The minimum atomic E-state index is -0.126. The molecule has 0 saturated carbocycles. The smallest absolute Gasteiger partial charge is 0.221 e. The molecule has 3 N–H and O–H groups in total. The van der Waals surface area contributed by atoms with E-state index in [1.165, 1.54) is 0 Å². The molecule has 0 saturated heterocycles. The number of aromatic nitrogens is 1. The molecule has 96 valence electrons. The molecule has 0 bridgehead atoms. The zero-order chi connectivity index (χ0) is 13.1. The third-order valence-electron chi connectivity index (χ3n) is 2.34. The predicted molar refractivity (Wildman–Crippen MR) is 74.7 cm³/mol. The number of nitrogens with zero attached hydrogens (tertiary/aromatic N) is 1. The molecule has 2 rings (SSSR count). The molecule has 0 fully saturated rings. The topological polar surface area (TPSA) is 68.0 Å². The summed E-state index contributed by atoms with van der Waals surface area (Å²) in [5, 5.41) is 4.33. The Bertz CT molecular complexity index is 567. The van der Waals surface area contributed by atoms with Gasteiger partial charge >= 0.3 is 0 Å². The highest BCUT2D eigenvalue weighted by Crippen LogP contribution is 2.24. The highest BCUT2D eigenvalue weighted by molar-refractivity contribution is 7.18. The van der Waals surface area contributed by atoms with E-state index in [1.807, 2.05) is 18.2 Å². The van der Waals surface area contributed by atoms with Gasteiger partial charge in [-0.15, -0.1) is 11.3 Å². The molecule has 0 spiro atoms. The molecule has 0 aliphatic rings. The van der Waals surface area contributed by atoms with Crippen LogP contribution >= 0.6 is 22.9 Å². The number of nitrogens with one attached hydrogen (secondary N) is 1. The van der Waals surface area contributed by atoms with Gasteiger partial charge in [0.2, 0.25) is 5.91 Å². The first-order valence-electron chi connectivity index (χ1n) is 5.62. The van der Waals surface area contributed by atoms with Crippen molar-refractivity contribution >= 4 is 39.1 Å². The lowest BCUT2D eigenvalue weighted by atomic mass is 10.2. The van der Waals surface area contributed by atoms with E-state index in [0.717, 1.165) is 15.2 Å². The van der Waals surface area contributed by atoms with Gasteiger partial charge in [0.25, 0.3) is 0 Å². The maximum absolute atomic E-state index is 11.5. The van der Waals surface area contributed by atoms with Crippen molar-refractivity contribution in [3.63, 3.8) is 0 Å². The zero-order valence-corrected chi connectivity index (χ0v) is 11.5. The van der Waals surface area contributed by atoms with Gasteiger partial charge in [0, 0.05) is 17.5 Å². The Morgan fingerprint density at radius 1 is 1.61 bits per heavy atom. The summed E-state index contributed by atoms with van der Waals surface area (Å²) < 4.78 is 1.07. The van der Waals surface area contributed by atoms with Crippen LogP contribution in [-0.4, -0.2) is 16.9 Å². The van der Waals surface area contributed by atoms with Gasteiger partial charge in [-0.25, -0.2) is 4.98 Å². The molecule has 2 aromatic rings. The lowest BCUT2D eigenvalue weighted by molar-refractivity contribution is -0.121. The van der Waals surface area contributed by atoms with Crippen LogP contribution in [-0.2, 0) is 11.3 Å². The molecule has 18 heavy (non-hydrogen) atoms. The maximum atomic E-state index is 11.5. The van der Waals surface area contributed by atoms with E-state index in [1.54, 1.807) is 18.3 Å². The fourth-order valence-electron chi connectivity index (χ4n) is 1.56. The van der Waals surface area contributed by atoms with Gasteiger partial charge in [0.15, 0.2) is 0 Å². The lowest BCUT2D eigenvalue weighted by Crippen LogP contribution is -2.29. The van der Waals surface area contributed by atoms with Crippen molar-refractivity contribution in [2.75, 3.05) is 0 Å². The average Bonchev–Trinajstić information content (AvgIpc) is 2.67. The second-order valence-corrected chi connectivity index (χ2v) is 5.73. The molecule has 0 aliphatic heterocycles. The monoisotopic (exact) mass is 283 g/mol. The fourth-order valence-corrected chi connectivity index (χ4v) is 2.62. The van der Waals surface area contributed by atoms with Crippen molar-refractivity contribution in [1.29, 1.82) is 0 Å². The molecular formula is C12H14ClN3OS. The Morgan fingerprint density at radius 2 is 2.39 bits per heavy atom. The van der Waals surface area contributed by atoms with Gasteiger partial charge in [-0.05, 0) is 25.1 Å².